The number of hydrogen-bond acceptors (Lipinski definition) is 4. The average Bonchev–Trinajstić information content (AvgIpc) is 2.34. The summed E-state index contributed by atoms with van der Waals surface area (Å²) in [6.45, 7) is 5.60. The number of aryl methyl sites for hydroxylation is 1. The Hall–Kier alpha value is -1.91. The van der Waals surface area contributed by atoms with Crippen LogP contribution in [0.25, 0.3) is 0 Å². The summed E-state index contributed by atoms with van der Waals surface area (Å²) in [6, 6.07) is 4.78. The summed E-state index contributed by atoms with van der Waals surface area (Å²) < 4.78 is 4.93. The minimum absolute atomic E-state index is 0.0665. The van der Waals surface area contributed by atoms with E-state index in [0.717, 1.165) is 5.56 Å². The van der Waals surface area contributed by atoms with Crippen LogP contribution in [0.15, 0.2) is 18.2 Å². The molecule has 5 heteroatoms. The van der Waals surface area contributed by atoms with Crippen molar-refractivity contribution in [1.29, 1.82) is 0 Å². The van der Waals surface area contributed by atoms with Gasteiger partial charge >= 0.3 is 5.69 Å². The summed E-state index contributed by atoms with van der Waals surface area (Å²) in [5.74, 6) is 0.377. The maximum Gasteiger partial charge on any atom is 0.311 e. The van der Waals surface area contributed by atoms with Crippen molar-refractivity contribution < 1.29 is 14.5 Å². The Bertz CT molecular complexity index is 489. The summed E-state index contributed by atoms with van der Waals surface area (Å²) in [5, 5.41) is 10.9. The van der Waals surface area contributed by atoms with Crippen molar-refractivity contribution in [2.24, 2.45) is 5.41 Å². The molecule has 0 unspecified atom stereocenters. The third-order valence-corrected chi connectivity index (χ3v) is 2.92. The molecule has 0 heterocycles. The van der Waals surface area contributed by atoms with Crippen LogP contribution in [-0.4, -0.2) is 17.8 Å². The van der Waals surface area contributed by atoms with Crippen LogP contribution in [0.3, 0.4) is 0 Å². The summed E-state index contributed by atoms with van der Waals surface area (Å²) in [4.78, 5) is 22.2. The van der Waals surface area contributed by atoms with Gasteiger partial charge in [0.1, 0.15) is 5.78 Å². The van der Waals surface area contributed by atoms with Gasteiger partial charge in [-0.05, 0) is 18.1 Å². The van der Waals surface area contributed by atoms with E-state index in [1.807, 2.05) is 20.8 Å². The topological polar surface area (TPSA) is 69.4 Å². The number of benzene rings is 1. The number of hydrogen-bond donors (Lipinski definition) is 0. The van der Waals surface area contributed by atoms with E-state index in [4.69, 9.17) is 4.74 Å². The molecule has 1 aromatic carbocycles. The summed E-state index contributed by atoms with van der Waals surface area (Å²) in [6.07, 6.45) is 0.883. The molecule has 0 bridgehead atoms. The highest BCUT2D eigenvalue weighted by Crippen LogP contribution is 2.28. The van der Waals surface area contributed by atoms with Gasteiger partial charge < -0.3 is 4.74 Å². The molecule has 1 rings (SSSR count). The van der Waals surface area contributed by atoms with Crippen molar-refractivity contribution in [3.8, 4) is 5.75 Å². The minimum atomic E-state index is -0.478. The fourth-order valence-electron chi connectivity index (χ4n) is 1.67. The third kappa shape index (κ3) is 4.05. The van der Waals surface area contributed by atoms with Crippen LogP contribution in [0.1, 0.15) is 32.8 Å². The number of carbonyl (C=O) groups is 1. The van der Waals surface area contributed by atoms with Crippen LogP contribution in [0.2, 0.25) is 0 Å². The lowest BCUT2D eigenvalue weighted by Gasteiger charge is -2.16. The Kier molecular flexibility index (Phi) is 4.64. The molecule has 0 aliphatic heterocycles. The van der Waals surface area contributed by atoms with E-state index in [0.29, 0.717) is 12.8 Å². The fraction of sp³-hybridized carbons (Fsp3) is 0.500. The predicted octanol–water partition coefficient (Wildman–Crippen LogP) is 3.15. The zero-order valence-electron chi connectivity index (χ0n) is 11.7. The highest BCUT2D eigenvalue weighted by Gasteiger charge is 2.21. The normalized spacial score (nSPS) is 11.2. The van der Waals surface area contributed by atoms with Gasteiger partial charge in [-0.3, -0.25) is 14.9 Å². The van der Waals surface area contributed by atoms with Gasteiger partial charge in [0.15, 0.2) is 5.75 Å². The van der Waals surface area contributed by atoms with Crippen molar-refractivity contribution >= 4 is 11.5 Å². The molecule has 0 aromatic heterocycles. The Morgan fingerprint density at radius 1 is 1.37 bits per heavy atom. The number of Topliss-reactive ketones (excluding diaryl/α,β-unsaturated/α-hetero) is 1. The molecule has 0 aliphatic rings. The van der Waals surface area contributed by atoms with E-state index in [2.05, 4.69) is 0 Å². The molecule has 1 aromatic rings. The van der Waals surface area contributed by atoms with Gasteiger partial charge in [0, 0.05) is 17.9 Å². The molecular formula is C14H19NO4. The van der Waals surface area contributed by atoms with E-state index in [9.17, 15) is 14.9 Å². The molecule has 0 radical (unpaired) electrons. The van der Waals surface area contributed by atoms with E-state index in [1.165, 1.54) is 13.2 Å². The maximum absolute atomic E-state index is 11.8. The van der Waals surface area contributed by atoms with E-state index in [1.54, 1.807) is 12.1 Å². The molecular weight excluding hydrogens is 246 g/mol. The summed E-state index contributed by atoms with van der Waals surface area (Å²) in [5.41, 5.74) is 0.326. The lowest BCUT2D eigenvalue weighted by molar-refractivity contribution is -0.385. The number of nitro groups is 1. The molecule has 0 spiro atoms. The van der Waals surface area contributed by atoms with Crippen molar-refractivity contribution in [2.45, 2.75) is 33.6 Å². The van der Waals surface area contributed by atoms with Gasteiger partial charge in [0.25, 0.3) is 0 Å². The standard InChI is InChI=1S/C14H19NO4/c1-14(2,3)13(16)8-6-10-5-7-12(19-4)11(9-10)15(17)18/h5,7,9H,6,8H2,1-4H3. The molecule has 19 heavy (non-hydrogen) atoms. The Labute approximate surface area is 112 Å². The molecule has 0 saturated carbocycles. The van der Waals surface area contributed by atoms with Gasteiger partial charge in [-0.2, -0.15) is 0 Å². The van der Waals surface area contributed by atoms with Crippen LogP contribution in [0.5, 0.6) is 5.75 Å². The number of nitrogens with zero attached hydrogens (tertiary/aromatic N) is 1. The molecule has 0 fully saturated rings. The van der Waals surface area contributed by atoms with Crippen LogP contribution in [-0.2, 0) is 11.2 Å². The van der Waals surface area contributed by atoms with Gasteiger partial charge in [0.2, 0.25) is 0 Å². The van der Waals surface area contributed by atoms with E-state index in [-0.39, 0.29) is 22.6 Å². The maximum atomic E-state index is 11.8. The largest absolute Gasteiger partial charge is 0.490 e. The molecule has 5 nitrogen and oxygen atoms in total. The third-order valence-electron chi connectivity index (χ3n) is 2.92. The minimum Gasteiger partial charge on any atom is -0.490 e. The fourth-order valence-corrected chi connectivity index (χ4v) is 1.67. The Morgan fingerprint density at radius 2 is 2.00 bits per heavy atom. The van der Waals surface area contributed by atoms with Crippen LogP contribution < -0.4 is 4.74 Å². The lowest BCUT2D eigenvalue weighted by Crippen LogP contribution is -2.20. The first-order chi connectivity index (χ1) is 8.75. The Balaban J connectivity index is 2.84. The molecule has 104 valence electrons. The van der Waals surface area contributed by atoms with Crippen molar-refractivity contribution in [3.05, 3.63) is 33.9 Å². The summed E-state index contributed by atoms with van der Waals surface area (Å²) in [7, 11) is 1.39. The monoisotopic (exact) mass is 265 g/mol. The van der Waals surface area contributed by atoms with Crippen LogP contribution in [0.4, 0.5) is 5.69 Å². The number of rotatable bonds is 5. The van der Waals surface area contributed by atoms with Crippen molar-refractivity contribution in [1.82, 2.24) is 0 Å². The predicted molar refractivity (Wildman–Crippen MR) is 72.4 cm³/mol. The first-order valence-electron chi connectivity index (χ1n) is 6.10. The molecule has 0 atom stereocenters. The van der Waals surface area contributed by atoms with Gasteiger partial charge in [-0.1, -0.05) is 26.8 Å². The van der Waals surface area contributed by atoms with Crippen LogP contribution >= 0.6 is 0 Å². The SMILES string of the molecule is COc1ccc(CCC(=O)C(C)(C)C)cc1[N+](=O)[O-]. The van der Waals surface area contributed by atoms with Gasteiger partial charge in [0.05, 0.1) is 12.0 Å². The second kappa shape index (κ2) is 5.82. The second-order valence-corrected chi connectivity index (χ2v) is 5.44. The van der Waals surface area contributed by atoms with Gasteiger partial charge in [-0.15, -0.1) is 0 Å². The molecule has 0 saturated heterocycles. The zero-order chi connectivity index (χ0) is 14.6. The van der Waals surface area contributed by atoms with E-state index < -0.39 is 4.92 Å². The first-order valence-corrected chi connectivity index (χ1v) is 6.10. The molecule has 0 amide bonds. The van der Waals surface area contributed by atoms with Gasteiger partial charge in [-0.25, -0.2) is 0 Å². The quantitative estimate of drug-likeness (QED) is 0.605. The number of ether oxygens (including phenoxy) is 1. The highest BCUT2D eigenvalue weighted by molar-refractivity contribution is 5.83. The molecule has 0 N–H and O–H groups in total. The van der Waals surface area contributed by atoms with Crippen molar-refractivity contribution in [3.63, 3.8) is 0 Å². The number of nitro benzene ring substituents is 1. The number of methoxy groups -OCH3 is 1. The van der Waals surface area contributed by atoms with Crippen molar-refractivity contribution in [2.75, 3.05) is 7.11 Å². The summed E-state index contributed by atoms with van der Waals surface area (Å²) >= 11 is 0. The Morgan fingerprint density at radius 3 is 2.47 bits per heavy atom. The number of carbonyl (C=O) groups excluding carboxylic acids is 1. The first kappa shape index (κ1) is 15.1. The highest BCUT2D eigenvalue weighted by atomic mass is 16.6. The smallest absolute Gasteiger partial charge is 0.311 e. The number of ketones is 1. The van der Waals surface area contributed by atoms with E-state index >= 15 is 0 Å². The zero-order valence-corrected chi connectivity index (χ0v) is 11.7. The average molecular weight is 265 g/mol. The molecule has 0 aliphatic carbocycles. The van der Waals surface area contributed by atoms with Crippen LogP contribution in [0, 0.1) is 15.5 Å². The lowest BCUT2D eigenvalue weighted by atomic mass is 9.87. The second-order valence-electron chi connectivity index (χ2n) is 5.44.